The summed E-state index contributed by atoms with van der Waals surface area (Å²) in [5.41, 5.74) is 0.705. The average molecular weight is 304 g/mol. The van der Waals surface area contributed by atoms with E-state index in [1.54, 1.807) is 19.3 Å². The van der Waals surface area contributed by atoms with Gasteiger partial charge in [-0.15, -0.1) is 0 Å². The molecule has 2 fully saturated rings. The van der Waals surface area contributed by atoms with E-state index in [-0.39, 0.29) is 17.4 Å². The van der Waals surface area contributed by atoms with E-state index in [1.807, 2.05) is 0 Å². The average Bonchev–Trinajstić information content (AvgIpc) is 3.03. The number of carbonyl (C=O) groups excluding carboxylic acids is 1. The van der Waals surface area contributed by atoms with Crippen molar-refractivity contribution in [1.82, 2.24) is 15.1 Å². The van der Waals surface area contributed by atoms with Crippen LogP contribution in [0.3, 0.4) is 0 Å². The number of hydrogen-bond donors (Lipinski definition) is 1. The molecule has 0 radical (unpaired) electrons. The van der Waals surface area contributed by atoms with Gasteiger partial charge in [0.05, 0.1) is 17.8 Å². The lowest BCUT2D eigenvalue weighted by molar-refractivity contribution is -0.125. The van der Waals surface area contributed by atoms with E-state index in [4.69, 9.17) is 0 Å². The molecule has 0 bridgehead atoms. The van der Waals surface area contributed by atoms with Crippen LogP contribution in [0.5, 0.6) is 0 Å². The van der Waals surface area contributed by atoms with Crippen LogP contribution in [0.4, 0.5) is 5.69 Å². The van der Waals surface area contributed by atoms with Gasteiger partial charge in [0.25, 0.3) is 5.56 Å². The summed E-state index contributed by atoms with van der Waals surface area (Å²) in [6.45, 7) is 1.55. The van der Waals surface area contributed by atoms with Gasteiger partial charge in [-0.05, 0) is 25.7 Å². The fourth-order valence-electron chi connectivity index (χ4n) is 3.45. The molecule has 22 heavy (non-hydrogen) atoms. The van der Waals surface area contributed by atoms with E-state index in [0.29, 0.717) is 12.6 Å². The molecular weight excluding hydrogens is 280 g/mol. The quantitative estimate of drug-likeness (QED) is 0.906. The molecular formula is C16H24N4O2. The molecule has 1 saturated carbocycles. The number of nitrogens with one attached hydrogen (secondary N) is 1. The van der Waals surface area contributed by atoms with Gasteiger partial charge in [0.2, 0.25) is 5.91 Å². The van der Waals surface area contributed by atoms with E-state index >= 15 is 0 Å². The van der Waals surface area contributed by atoms with Crippen LogP contribution in [0.25, 0.3) is 0 Å². The minimum atomic E-state index is -0.116. The van der Waals surface area contributed by atoms with E-state index in [0.717, 1.165) is 37.9 Å². The minimum Gasteiger partial charge on any atom is -0.369 e. The Morgan fingerprint density at radius 2 is 2.05 bits per heavy atom. The second kappa shape index (κ2) is 6.50. The monoisotopic (exact) mass is 304 g/mol. The van der Waals surface area contributed by atoms with Crippen molar-refractivity contribution in [2.45, 2.75) is 44.6 Å². The van der Waals surface area contributed by atoms with Gasteiger partial charge in [-0.1, -0.05) is 12.8 Å². The maximum atomic E-state index is 12.4. The lowest BCUT2D eigenvalue weighted by atomic mass is 9.96. The number of anilines is 1. The van der Waals surface area contributed by atoms with Crippen LogP contribution >= 0.6 is 0 Å². The molecule has 1 aromatic heterocycles. The highest BCUT2D eigenvalue weighted by Gasteiger charge is 2.28. The molecule has 6 heteroatoms. The van der Waals surface area contributed by atoms with Gasteiger partial charge in [0, 0.05) is 32.2 Å². The zero-order valence-corrected chi connectivity index (χ0v) is 13.1. The highest BCUT2D eigenvalue weighted by Crippen LogP contribution is 2.23. The summed E-state index contributed by atoms with van der Waals surface area (Å²) >= 11 is 0. The number of amides is 1. The van der Waals surface area contributed by atoms with E-state index in [2.05, 4.69) is 15.3 Å². The van der Waals surface area contributed by atoms with Crippen LogP contribution in [0.2, 0.25) is 0 Å². The van der Waals surface area contributed by atoms with Gasteiger partial charge in [-0.2, -0.15) is 5.10 Å². The minimum absolute atomic E-state index is 0.0124. The number of aromatic nitrogens is 2. The Balaban J connectivity index is 1.64. The lowest BCUT2D eigenvalue weighted by Crippen LogP contribution is -2.45. The van der Waals surface area contributed by atoms with Gasteiger partial charge < -0.3 is 10.2 Å². The van der Waals surface area contributed by atoms with Gasteiger partial charge >= 0.3 is 0 Å². The van der Waals surface area contributed by atoms with Crippen molar-refractivity contribution in [1.29, 1.82) is 0 Å². The Bertz CT molecular complexity index is 592. The molecule has 1 aromatic rings. The Hall–Kier alpha value is -1.85. The molecule has 1 amide bonds. The zero-order chi connectivity index (χ0) is 15.5. The van der Waals surface area contributed by atoms with Crippen LogP contribution in [0.15, 0.2) is 17.1 Å². The normalized spacial score (nSPS) is 22.8. The summed E-state index contributed by atoms with van der Waals surface area (Å²) in [6.07, 6.45) is 8.27. The zero-order valence-electron chi connectivity index (χ0n) is 13.1. The highest BCUT2D eigenvalue weighted by atomic mass is 16.2. The van der Waals surface area contributed by atoms with Crippen molar-refractivity contribution < 1.29 is 4.79 Å². The number of hydrogen-bond acceptors (Lipinski definition) is 4. The summed E-state index contributed by atoms with van der Waals surface area (Å²) < 4.78 is 1.32. The predicted molar refractivity (Wildman–Crippen MR) is 84.8 cm³/mol. The first-order chi connectivity index (χ1) is 10.6. The molecule has 1 aliphatic carbocycles. The van der Waals surface area contributed by atoms with Crippen LogP contribution < -0.4 is 15.8 Å². The van der Waals surface area contributed by atoms with E-state index < -0.39 is 0 Å². The number of aryl methyl sites for hydroxylation is 1. The maximum absolute atomic E-state index is 12.4. The third kappa shape index (κ3) is 3.31. The standard InChI is InChI=1S/C16H24N4O2/c1-19-15(21)9-14(10-17-19)20-8-4-5-12(11-20)16(22)18-13-6-2-3-7-13/h9-10,12-13H,2-8,11H2,1H3,(H,18,22). The molecule has 1 N–H and O–H groups in total. The number of nitrogens with zero attached hydrogens (tertiary/aromatic N) is 3. The summed E-state index contributed by atoms with van der Waals surface area (Å²) in [4.78, 5) is 26.3. The van der Waals surface area contributed by atoms with Crippen molar-refractivity contribution in [3.8, 4) is 0 Å². The van der Waals surface area contributed by atoms with Gasteiger partial charge in [0.15, 0.2) is 0 Å². The van der Waals surface area contributed by atoms with Crippen molar-refractivity contribution in [2.24, 2.45) is 13.0 Å². The van der Waals surface area contributed by atoms with Gasteiger partial charge in [0.1, 0.15) is 0 Å². The van der Waals surface area contributed by atoms with Crippen LogP contribution in [0, 0.1) is 5.92 Å². The SMILES string of the molecule is Cn1ncc(N2CCCC(C(=O)NC3CCCC3)C2)cc1=O. The van der Waals surface area contributed by atoms with Gasteiger partial charge in [-0.25, -0.2) is 4.68 Å². The number of rotatable bonds is 3. The Morgan fingerprint density at radius 3 is 2.77 bits per heavy atom. The number of carbonyl (C=O) groups is 1. The molecule has 6 nitrogen and oxygen atoms in total. The predicted octanol–water partition coefficient (Wildman–Crippen LogP) is 1.06. The smallest absolute Gasteiger partial charge is 0.268 e. The molecule has 2 aliphatic rings. The van der Waals surface area contributed by atoms with Crippen molar-refractivity contribution in [3.63, 3.8) is 0 Å². The summed E-state index contributed by atoms with van der Waals surface area (Å²) in [6, 6.07) is 1.97. The molecule has 0 spiro atoms. The second-order valence-electron chi connectivity index (χ2n) is 6.45. The van der Waals surface area contributed by atoms with Crippen molar-refractivity contribution >= 4 is 11.6 Å². The first-order valence-electron chi connectivity index (χ1n) is 8.22. The fraction of sp³-hybridized carbons (Fsp3) is 0.688. The fourth-order valence-corrected chi connectivity index (χ4v) is 3.45. The Kier molecular flexibility index (Phi) is 4.45. The summed E-state index contributed by atoms with van der Waals surface area (Å²) in [5.74, 6) is 0.187. The Labute approximate surface area is 130 Å². The van der Waals surface area contributed by atoms with Crippen LogP contribution in [0.1, 0.15) is 38.5 Å². The number of piperidine rings is 1. The Morgan fingerprint density at radius 1 is 1.27 bits per heavy atom. The van der Waals surface area contributed by atoms with Crippen molar-refractivity contribution in [3.05, 3.63) is 22.6 Å². The van der Waals surface area contributed by atoms with Crippen molar-refractivity contribution in [2.75, 3.05) is 18.0 Å². The molecule has 1 atom stereocenters. The first kappa shape index (κ1) is 15.1. The van der Waals surface area contributed by atoms with Crippen LogP contribution in [-0.4, -0.2) is 34.8 Å². The van der Waals surface area contributed by atoms with E-state index in [1.165, 1.54) is 17.5 Å². The molecule has 120 valence electrons. The van der Waals surface area contributed by atoms with E-state index in [9.17, 15) is 9.59 Å². The molecule has 2 heterocycles. The molecule has 1 aliphatic heterocycles. The molecule has 3 rings (SSSR count). The highest BCUT2D eigenvalue weighted by molar-refractivity contribution is 5.80. The molecule has 1 saturated heterocycles. The third-order valence-corrected chi connectivity index (χ3v) is 4.81. The second-order valence-corrected chi connectivity index (χ2v) is 6.45. The third-order valence-electron chi connectivity index (χ3n) is 4.81. The summed E-state index contributed by atoms with van der Waals surface area (Å²) in [7, 11) is 1.64. The first-order valence-corrected chi connectivity index (χ1v) is 8.22. The summed E-state index contributed by atoms with van der Waals surface area (Å²) in [5, 5.41) is 7.26. The van der Waals surface area contributed by atoms with Crippen LogP contribution in [-0.2, 0) is 11.8 Å². The maximum Gasteiger partial charge on any atom is 0.268 e. The van der Waals surface area contributed by atoms with Gasteiger partial charge in [-0.3, -0.25) is 9.59 Å². The topological polar surface area (TPSA) is 67.2 Å². The molecule has 0 aromatic carbocycles. The lowest BCUT2D eigenvalue weighted by Gasteiger charge is -2.33. The largest absolute Gasteiger partial charge is 0.369 e. The molecule has 1 unspecified atom stereocenters.